The molecule has 0 radical (unpaired) electrons. The Balaban J connectivity index is 1.25. The molecule has 6 heteroatoms. The maximum atomic E-state index is 12.7. The average molecular weight is 383 g/mol. The van der Waals surface area contributed by atoms with Gasteiger partial charge in [0, 0.05) is 43.1 Å². The van der Waals surface area contributed by atoms with Gasteiger partial charge in [0.05, 0.1) is 0 Å². The van der Waals surface area contributed by atoms with Crippen LogP contribution in [0.3, 0.4) is 0 Å². The van der Waals surface area contributed by atoms with Crippen LogP contribution in [0.4, 0.5) is 0 Å². The fourth-order valence-corrected chi connectivity index (χ4v) is 3.35. The molecule has 0 spiro atoms. The van der Waals surface area contributed by atoms with Gasteiger partial charge in [-0.15, -0.1) is 0 Å². The molecule has 0 aliphatic heterocycles. The van der Waals surface area contributed by atoms with Gasteiger partial charge in [-0.1, -0.05) is 12.1 Å². The van der Waals surface area contributed by atoms with Gasteiger partial charge in [-0.2, -0.15) is 0 Å². The highest BCUT2D eigenvalue weighted by Gasteiger charge is 2.32. The lowest BCUT2D eigenvalue weighted by Crippen LogP contribution is -2.33. The number of hydrogen-bond donors (Lipinski definition) is 2. The molecule has 0 bridgehead atoms. The summed E-state index contributed by atoms with van der Waals surface area (Å²) in [7, 11) is 0. The zero-order valence-corrected chi connectivity index (χ0v) is 16.3. The number of nitrogens with one attached hydrogen (secondary N) is 2. The second-order valence-corrected chi connectivity index (χ2v) is 8.37. The summed E-state index contributed by atoms with van der Waals surface area (Å²) >= 11 is 0. The van der Waals surface area contributed by atoms with E-state index in [-0.39, 0.29) is 23.6 Å². The van der Waals surface area contributed by atoms with Gasteiger partial charge in [0.15, 0.2) is 0 Å². The minimum absolute atomic E-state index is 0.0163. The van der Waals surface area contributed by atoms with Gasteiger partial charge in [0.25, 0.3) is 5.91 Å². The molecule has 1 aromatic carbocycles. The molecule has 1 aromatic rings. The van der Waals surface area contributed by atoms with E-state index >= 15 is 0 Å². The quantitative estimate of drug-likeness (QED) is 0.609. The normalized spacial score (nSPS) is 18.4. The van der Waals surface area contributed by atoms with Gasteiger partial charge >= 0.3 is 0 Å². The van der Waals surface area contributed by atoms with Crippen molar-refractivity contribution in [1.29, 1.82) is 0 Å². The first-order chi connectivity index (χ1) is 13.6. The van der Waals surface area contributed by atoms with Crippen LogP contribution in [0.5, 0.6) is 0 Å². The van der Waals surface area contributed by atoms with Crippen molar-refractivity contribution >= 4 is 17.7 Å². The van der Waals surface area contributed by atoms with E-state index in [9.17, 15) is 14.4 Å². The second kappa shape index (κ2) is 8.33. The summed E-state index contributed by atoms with van der Waals surface area (Å²) in [4.78, 5) is 38.4. The van der Waals surface area contributed by atoms with Crippen LogP contribution in [0.1, 0.15) is 67.3 Å². The Morgan fingerprint density at radius 1 is 0.964 bits per heavy atom. The summed E-state index contributed by atoms with van der Waals surface area (Å²) in [5, 5.41) is 5.91. The predicted octanol–water partition coefficient (Wildman–Crippen LogP) is 2.38. The molecule has 150 valence electrons. The molecule has 3 aliphatic rings. The molecule has 0 heterocycles. The summed E-state index contributed by atoms with van der Waals surface area (Å²) < 4.78 is 0. The zero-order chi connectivity index (χ0) is 19.5. The minimum Gasteiger partial charge on any atom is -0.356 e. The lowest BCUT2D eigenvalue weighted by atomic mass is 10.1. The summed E-state index contributed by atoms with van der Waals surface area (Å²) in [6.07, 6.45) is 7.42. The Kier molecular flexibility index (Phi) is 5.64. The van der Waals surface area contributed by atoms with Gasteiger partial charge in [-0.05, 0) is 62.6 Å². The standard InChI is InChI=1S/C22H29N3O3/c26-20(2-1-13-23-21(27)16-7-8-16)25(19-11-12-19)14-15-3-5-17(6-4-15)22(28)24-18-9-10-18/h3-6,16,18-19H,1-2,7-14H2,(H,23,27)(H,24,28). The van der Waals surface area contributed by atoms with Crippen LogP contribution < -0.4 is 10.6 Å². The van der Waals surface area contributed by atoms with Gasteiger partial charge in [-0.3, -0.25) is 14.4 Å². The SMILES string of the molecule is O=C(NC1CC1)c1ccc(CN(C(=O)CCCNC(=O)C2CC2)C2CC2)cc1. The van der Waals surface area contributed by atoms with Gasteiger partial charge < -0.3 is 15.5 Å². The van der Waals surface area contributed by atoms with E-state index in [0.29, 0.717) is 43.6 Å². The molecule has 3 saturated carbocycles. The summed E-state index contributed by atoms with van der Waals surface area (Å²) in [5.74, 6) is 0.487. The number of carbonyl (C=O) groups excluding carboxylic acids is 3. The van der Waals surface area contributed by atoms with E-state index in [1.165, 1.54) is 0 Å². The molecule has 4 rings (SSSR count). The third kappa shape index (κ3) is 5.33. The molecule has 3 aliphatic carbocycles. The molecule has 0 saturated heterocycles. The molecule has 0 atom stereocenters. The van der Waals surface area contributed by atoms with Crippen LogP contribution in [0.25, 0.3) is 0 Å². The van der Waals surface area contributed by atoms with Crippen LogP contribution >= 0.6 is 0 Å². The average Bonchev–Trinajstić information content (AvgIpc) is 3.56. The van der Waals surface area contributed by atoms with Crippen molar-refractivity contribution in [3.05, 3.63) is 35.4 Å². The minimum atomic E-state index is -0.0163. The number of rotatable bonds is 10. The third-order valence-electron chi connectivity index (χ3n) is 5.60. The van der Waals surface area contributed by atoms with Crippen molar-refractivity contribution in [2.24, 2.45) is 5.92 Å². The Bertz CT molecular complexity index is 734. The molecule has 2 N–H and O–H groups in total. The largest absolute Gasteiger partial charge is 0.356 e. The number of benzene rings is 1. The fourth-order valence-electron chi connectivity index (χ4n) is 3.35. The van der Waals surface area contributed by atoms with Gasteiger partial charge in [-0.25, -0.2) is 0 Å². The Labute approximate surface area is 166 Å². The Morgan fingerprint density at radius 2 is 1.68 bits per heavy atom. The van der Waals surface area contributed by atoms with Crippen molar-refractivity contribution in [3.8, 4) is 0 Å². The first kappa shape index (κ1) is 19.0. The zero-order valence-electron chi connectivity index (χ0n) is 16.3. The number of carbonyl (C=O) groups is 3. The lowest BCUT2D eigenvalue weighted by Gasteiger charge is -2.23. The number of hydrogen-bond acceptors (Lipinski definition) is 3. The predicted molar refractivity (Wildman–Crippen MR) is 105 cm³/mol. The molecule has 0 aromatic heterocycles. The molecular weight excluding hydrogens is 354 g/mol. The fraction of sp³-hybridized carbons (Fsp3) is 0.591. The van der Waals surface area contributed by atoms with Crippen LogP contribution in [-0.2, 0) is 16.1 Å². The van der Waals surface area contributed by atoms with Crippen molar-refractivity contribution in [2.75, 3.05) is 6.54 Å². The highest BCUT2D eigenvalue weighted by Crippen LogP contribution is 2.30. The Morgan fingerprint density at radius 3 is 2.29 bits per heavy atom. The van der Waals surface area contributed by atoms with E-state index in [1.54, 1.807) is 0 Å². The second-order valence-electron chi connectivity index (χ2n) is 8.37. The first-order valence-corrected chi connectivity index (χ1v) is 10.6. The van der Waals surface area contributed by atoms with E-state index in [2.05, 4.69) is 10.6 Å². The summed E-state index contributed by atoms with van der Waals surface area (Å²) in [5.41, 5.74) is 1.72. The van der Waals surface area contributed by atoms with Crippen LogP contribution in [-0.4, -0.2) is 41.2 Å². The molecule has 6 nitrogen and oxygen atoms in total. The Hall–Kier alpha value is -2.37. The van der Waals surface area contributed by atoms with Gasteiger partial charge in [0.2, 0.25) is 11.8 Å². The molecule has 3 amide bonds. The maximum absolute atomic E-state index is 12.7. The van der Waals surface area contributed by atoms with Crippen LogP contribution in [0.15, 0.2) is 24.3 Å². The molecular formula is C22H29N3O3. The molecule has 28 heavy (non-hydrogen) atoms. The third-order valence-corrected chi connectivity index (χ3v) is 5.60. The van der Waals surface area contributed by atoms with Crippen LogP contribution in [0, 0.1) is 5.92 Å². The highest BCUT2D eigenvalue weighted by atomic mass is 16.2. The smallest absolute Gasteiger partial charge is 0.251 e. The summed E-state index contributed by atoms with van der Waals surface area (Å²) in [6, 6.07) is 8.27. The van der Waals surface area contributed by atoms with E-state index in [1.807, 2.05) is 29.2 Å². The number of nitrogens with zero attached hydrogens (tertiary/aromatic N) is 1. The monoisotopic (exact) mass is 383 g/mol. The molecule has 0 unspecified atom stereocenters. The number of amides is 3. The van der Waals surface area contributed by atoms with Crippen molar-refractivity contribution in [2.45, 2.75) is 70.0 Å². The maximum Gasteiger partial charge on any atom is 0.251 e. The van der Waals surface area contributed by atoms with E-state index < -0.39 is 0 Å². The van der Waals surface area contributed by atoms with Gasteiger partial charge in [0.1, 0.15) is 0 Å². The van der Waals surface area contributed by atoms with Crippen molar-refractivity contribution < 1.29 is 14.4 Å². The molecule has 3 fully saturated rings. The van der Waals surface area contributed by atoms with E-state index in [4.69, 9.17) is 0 Å². The lowest BCUT2D eigenvalue weighted by molar-refractivity contribution is -0.132. The highest BCUT2D eigenvalue weighted by molar-refractivity contribution is 5.94. The van der Waals surface area contributed by atoms with Crippen molar-refractivity contribution in [1.82, 2.24) is 15.5 Å². The van der Waals surface area contributed by atoms with Crippen LogP contribution in [0.2, 0.25) is 0 Å². The van der Waals surface area contributed by atoms with Crippen molar-refractivity contribution in [3.63, 3.8) is 0 Å². The summed E-state index contributed by atoms with van der Waals surface area (Å²) in [6.45, 7) is 1.16. The first-order valence-electron chi connectivity index (χ1n) is 10.6. The topological polar surface area (TPSA) is 78.5 Å². The van der Waals surface area contributed by atoms with E-state index in [0.717, 1.165) is 44.1 Å².